The molecule has 0 aliphatic heterocycles. The minimum absolute atomic E-state index is 0.0958. The van der Waals surface area contributed by atoms with Gasteiger partial charge in [-0.3, -0.25) is 0 Å². The maximum Gasteiger partial charge on any atom is 0.351 e. The van der Waals surface area contributed by atoms with E-state index in [4.69, 9.17) is 5.11 Å². The molecule has 0 spiro atoms. The molecule has 0 fully saturated rings. The zero-order chi connectivity index (χ0) is 10.1. The van der Waals surface area contributed by atoms with Gasteiger partial charge >= 0.3 is 5.69 Å². The molecule has 2 aromatic heterocycles. The van der Waals surface area contributed by atoms with E-state index in [-0.39, 0.29) is 18.8 Å². The van der Waals surface area contributed by atoms with Gasteiger partial charge in [0.1, 0.15) is 0 Å². The van der Waals surface area contributed by atoms with E-state index >= 15 is 0 Å². The molecule has 74 valence electrons. The minimum atomic E-state index is -0.249. The lowest BCUT2D eigenvalue weighted by Gasteiger charge is -1.92. The molecule has 0 saturated carbocycles. The third-order valence-electron chi connectivity index (χ3n) is 1.87. The summed E-state index contributed by atoms with van der Waals surface area (Å²) in [7, 11) is 0. The SMILES string of the molecule is O=c1n(CCO)nc2cccc(Br)n12. The van der Waals surface area contributed by atoms with Gasteiger partial charge in [-0.2, -0.15) is 0 Å². The third kappa shape index (κ3) is 1.36. The van der Waals surface area contributed by atoms with Crippen LogP contribution in [0.5, 0.6) is 0 Å². The highest BCUT2D eigenvalue weighted by atomic mass is 79.9. The Hall–Kier alpha value is -1.14. The highest BCUT2D eigenvalue weighted by molar-refractivity contribution is 9.10. The number of aliphatic hydroxyl groups is 1. The standard InChI is InChI=1S/C8H8BrN3O2/c9-6-2-1-3-7-10-11(4-5-13)8(14)12(6)7/h1-3,13H,4-5H2. The van der Waals surface area contributed by atoms with Gasteiger partial charge < -0.3 is 5.11 Å². The smallest absolute Gasteiger partial charge is 0.351 e. The van der Waals surface area contributed by atoms with Gasteiger partial charge in [-0.1, -0.05) is 6.07 Å². The Labute approximate surface area is 87.7 Å². The topological polar surface area (TPSA) is 59.5 Å². The van der Waals surface area contributed by atoms with Crippen molar-refractivity contribution < 1.29 is 5.11 Å². The summed E-state index contributed by atoms with van der Waals surface area (Å²) in [6, 6.07) is 5.30. The van der Waals surface area contributed by atoms with Crippen LogP contribution in [-0.2, 0) is 6.54 Å². The second-order valence-corrected chi connectivity index (χ2v) is 3.58. The molecular weight excluding hydrogens is 250 g/mol. The minimum Gasteiger partial charge on any atom is -0.394 e. The van der Waals surface area contributed by atoms with Crippen molar-refractivity contribution in [2.24, 2.45) is 0 Å². The van der Waals surface area contributed by atoms with E-state index in [1.807, 2.05) is 0 Å². The Kier molecular flexibility index (Phi) is 2.39. The highest BCUT2D eigenvalue weighted by Gasteiger charge is 2.07. The van der Waals surface area contributed by atoms with Crippen molar-refractivity contribution in [2.75, 3.05) is 6.61 Å². The van der Waals surface area contributed by atoms with Crippen LogP contribution in [0.15, 0.2) is 27.6 Å². The van der Waals surface area contributed by atoms with Crippen molar-refractivity contribution in [3.05, 3.63) is 33.3 Å². The fourth-order valence-corrected chi connectivity index (χ4v) is 1.75. The zero-order valence-electron chi connectivity index (χ0n) is 7.22. The molecule has 2 rings (SSSR count). The molecular formula is C8H8BrN3O2. The maximum atomic E-state index is 11.7. The number of hydrogen-bond acceptors (Lipinski definition) is 3. The molecule has 2 aromatic rings. The van der Waals surface area contributed by atoms with Crippen LogP contribution in [-0.4, -0.2) is 25.9 Å². The van der Waals surface area contributed by atoms with E-state index in [1.165, 1.54) is 9.08 Å². The average molecular weight is 258 g/mol. The maximum absolute atomic E-state index is 11.7. The fraction of sp³-hybridized carbons (Fsp3) is 0.250. The average Bonchev–Trinajstić information content (AvgIpc) is 2.46. The molecule has 2 heterocycles. The number of hydrogen-bond donors (Lipinski definition) is 1. The normalized spacial score (nSPS) is 11.0. The van der Waals surface area contributed by atoms with E-state index in [2.05, 4.69) is 21.0 Å². The van der Waals surface area contributed by atoms with Gasteiger partial charge in [-0.05, 0) is 28.1 Å². The van der Waals surface area contributed by atoms with Gasteiger partial charge in [-0.15, -0.1) is 5.10 Å². The lowest BCUT2D eigenvalue weighted by Crippen LogP contribution is -2.22. The summed E-state index contributed by atoms with van der Waals surface area (Å²) in [6.07, 6.45) is 0. The van der Waals surface area contributed by atoms with Crippen LogP contribution in [0.2, 0.25) is 0 Å². The van der Waals surface area contributed by atoms with Crippen LogP contribution in [0.3, 0.4) is 0 Å². The molecule has 0 unspecified atom stereocenters. The molecule has 0 atom stereocenters. The van der Waals surface area contributed by atoms with E-state index in [0.717, 1.165) is 0 Å². The molecule has 0 aliphatic rings. The van der Waals surface area contributed by atoms with Crippen molar-refractivity contribution in [3.63, 3.8) is 0 Å². The number of fused-ring (bicyclic) bond motifs is 1. The van der Waals surface area contributed by atoms with Crippen LogP contribution in [0.25, 0.3) is 5.65 Å². The van der Waals surface area contributed by atoms with Crippen molar-refractivity contribution in [1.29, 1.82) is 0 Å². The zero-order valence-corrected chi connectivity index (χ0v) is 8.81. The van der Waals surface area contributed by atoms with E-state index in [1.54, 1.807) is 18.2 Å². The summed E-state index contributed by atoms with van der Waals surface area (Å²) >= 11 is 3.26. The monoisotopic (exact) mass is 257 g/mol. The van der Waals surface area contributed by atoms with E-state index in [9.17, 15) is 4.79 Å². The van der Waals surface area contributed by atoms with Crippen molar-refractivity contribution in [2.45, 2.75) is 6.54 Å². The molecule has 14 heavy (non-hydrogen) atoms. The predicted molar refractivity (Wildman–Crippen MR) is 54.2 cm³/mol. The summed E-state index contributed by atoms with van der Waals surface area (Å²) in [5.41, 5.74) is 0.319. The van der Waals surface area contributed by atoms with Crippen LogP contribution in [0.1, 0.15) is 0 Å². The summed E-state index contributed by atoms with van der Waals surface area (Å²) in [5, 5.41) is 12.8. The number of nitrogens with zero attached hydrogens (tertiary/aromatic N) is 3. The van der Waals surface area contributed by atoms with Crippen LogP contribution >= 0.6 is 15.9 Å². The molecule has 0 bridgehead atoms. The van der Waals surface area contributed by atoms with Crippen LogP contribution in [0, 0.1) is 0 Å². The second-order valence-electron chi connectivity index (χ2n) is 2.77. The number of aliphatic hydroxyl groups excluding tert-OH is 1. The molecule has 1 N–H and O–H groups in total. The molecule has 0 aliphatic carbocycles. The third-order valence-corrected chi connectivity index (χ3v) is 2.49. The summed E-state index contributed by atoms with van der Waals surface area (Å²) < 4.78 is 3.33. The lowest BCUT2D eigenvalue weighted by molar-refractivity contribution is 0.267. The van der Waals surface area contributed by atoms with Crippen molar-refractivity contribution >= 4 is 21.6 Å². The van der Waals surface area contributed by atoms with Gasteiger partial charge in [0.05, 0.1) is 17.8 Å². The molecule has 5 nitrogen and oxygen atoms in total. The van der Waals surface area contributed by atoms with Gasteiger partial charge in [0.2, 0.25) is 0 Å². The number of halogens is 1. The lowest BCUT2D eigenvalue weighted by atomic mass is 10.5. The molecule has 0 amide bonds. The Morgan fingerprint density at radius 2 is 2.29 bits per heavy atom. The van der Waals surface area contributed by atoms with Crippen LogP contribution in [0.4, 0.5) is 0 Å². The first-order chi connectivity index (χ1) is 6.74. The Balaban J connectivity index is 2.74. The molecule has 0 radical (unpaired) electrons. The van der Waals surface area contributed by atoms with E-state index in [0.29, 0.717) is 10.3 Å². The first-order valence-corrected chi connectivity index (χ1v) is 4.88. The fourth-order valence-electron chi connectivity index (χ4n) is 1.26. The van der Waals surface area contributed by atoms with Crippen molar-refractivity contribution in [1.82, 2.24) is 14.2 Å². The quantitative estimate of drug-likeness (QED) is 0.785. The number of aromatic nitrogens is 3. The van der Waals surface area contributed by atoms with Crippen LogP contribution < -0.4 is 5.69 Å². The molecule has 6 heteroatoms. The Morgan fingerprint density at radius 1 is 1.50 bits per heavy atom. The summed E-state index contributed by atoms with van der Waals surface area (Å²) in [6.45, 7) is 0.119. The second kappa shape index (κ2) is 3.55. The van der Waals surface area contributed by atoms with Gasteiger partial charge in [0, 0.05) is 0 Å². The Morgan fingerprint density at radius 3 is 2.93 bits per heavy atom. The van der Waals surface area contributed by atoms with Crippen molar-refractivity contribution in [3.8, 4) is 0 Å². The number of rotatable bonds is 2. The largest absolute Gasteiger partial charge is 0.394 e. The van der Waals surface area contributed by atoms with E-state index < -0.39 is 0 Å². The first-order valence-electron chi connectivity index (χ1n) is 4.09. The first kappa shape index (κ1) is 9.42. The summed E-state index contributed by atoms with van der Waals surface area (Å²) in [5.74, 6) is 0. The highest BCUT2D eigenvalue weighted by Crippen LogP contribution is 2.08. The Bertz CT molecular complexity index is 517. The van der Waals surface area contributed by atoms with Gasteiger partial charge in [-0.25, -0.2) is 13.9 Å². The predicted octanol–water partition coefficient (Wildman–Crippen LogP) is 0.251. The van der Waals surface area contributed by atoms with Gasteiger partial charge in [0.15, 0.2) is 5.65 Å². The van der Waals surface area contributed by atoms with Gasteiger partial charge in [0.25, 0.3) is 0 Å². The number of pyridine rings is 1. The molecule has 0 aromatic carbocycles. The summed E-state index contributed by atoms with van der Waals surface area (Å²) in [4.78, 5) is 11.7. The molecule has 0 saturated heterocycles.